The maximum Gasteiger partial charge on any atom is 0.313 e. The van der Waals surface area contributed by atoms with Gasteiger partial charge in [-0.25, -0.2) is 4.98 Å². The molecule has 3 saturated heterocycles. The fourth-order valence-corrected chi connectivity index (χ4v) is 1.86. The van der Waals surface area contributed by atoms with E-state index in [1.54, 1.807) is 6.07 Å². The van der Waals surface area contributed by atoms with Gasteiger partial charge >= 0.3 is 5.97 Å². The molecule has 2 bridgehead atoms. The Morgan fingerprint density at radius 3 is 2.31 bits per heavy atom. The molecule has 3 aliphatic rings. The Labute approximate surface area is 92.3 Å². The maximum absolute atomic E-state index is 12.7. The number of rotatable bonds is 1. The monoisotopic (exact) mass is 225 g/mol. The van der Waals surface area contributed by atoms with E-state index in [1.807, 2.05) is 6.92 Å². The summed E-state index contributed by atoms with van der Waals surface area (Å²) in [5.74, 6) is -1.71. The third kappa shape index (κ3) is 1.43. The number of nitrogens with zero attached hydrogens (tertiary/aromatic N) is 1. The van der Waals surface area contributed by atoms with Crippen molar-refractivity contribution in [2.24, 2.45) is 5.41 Å². The summed E-state index contributed by atoms with van der Waals surface area (Å²) in [6.07, 6.45) is 1.38. The Morgan fingerprint density at radius 1 is 1.19 bits per heavy atom. The zero-order valence-electron chi connectivity index (χ0n) is 8.90. The zero-order valence-corrected chi connectivity index (χ0v) is 8.90. The number of hydrogen-bond acceptors (Lipinski definition) is 4. The van der Waals surface area contributed by atoms with Crippen molar-refractivity contribution < 1.29 is 18.6 Å². The van der Waals surface area contributed by atoms with Crippen LogP contribution in [0.1, 0.15) is 12.5 Å². The minimum Gasteiger partial charge on any atom is -0.323 e. The van der Waals surface area contributed by atoms with E-state index in [0.29, 0.717) is 25.4 Å². The van der Waals surface area contributed by atoms with Gasteiger partial charge in [-0.3, -0.25) is 0 Å². The molecule has 0 N–H and O–H groups in total. The lowest BCUT2D eigenvalue weighted by Crippen LogP contribution is -2.57. The number of hydrogen-bond donors (Lipinski definition) is 0. The summed E-state index contributed by atoms with van der Waals surface area (Å²) < 4.78 is 29.5. The van der Waals surface area contributed by atoms with Gasteiger partial charge in [0.2, 0.25) is 5.95 Å². The highest BCUT2D eigenvalue weighted by atomic mass is 19.1. The second-order valence-corrected chi connectivity index (χ2v) is 4.60. The Balaban J connectivity index is 1.92. The SMILES string of the molecule is CC12COC(c3ccc(F)nc3)(OC1)OC2. The van der Waals surface area contributed by atoms with Crippen LogP contribution >= 0.6 is 0 Å². The average Bonchev–Trinajstić information content (AvgIpc) is 2.31. The fourth-order valence-electron chi connectivity index (χ4n) is 1.86. The number of ether oxygens (including phenoxy) is 3. The van der Waals surface area contributed by atoms with Gasteiger partial charge in [0.05, 0.1) is 25.4 Å². The molecule has 3 fully saturated rings. The van der Waals surface area contributed by atoms with Crippen LogP contribution in [0.2, 0.25) is 0 Å². The minimum absolute atomic E-state index is 0.0742. The van der Waals surface area contributed by atoms with Crippen LogP contribution in [0.3, 0.4) is 0 Å². The van der Waals surface area contributed by atoms with Gasteiger partial charge in [0.1, 0.15) is 0 Å². The highest BCUT2D eigenvalue weighted by molar-refractivity contribution is 5.15. The van der Waals surface area contributed by atoms with Crippen LogP contribution in [0.15, 0.2) is 18.3 Å². The van der Waals surface area contributed by atoms with Crippen LogP contribution in [-0.4, -0.2) is 24.8 Å². The molecule has 86 valence electrons. The van der Waals surface area contributed by atoms with Crippen molar-refractivity contribution in [2.45, 2.75) is 12.9 Å². The summed E-state index contributed by atoms with van der Waals surface area (Å²) in [6, 6.07) is 2.83. The molecule has 0 saturated carbocycles. The molecule has 0 amide bonds. The molecule has 16 heavy (non-hydrogen) atoms. The van der Waals surface area contributed by atoms with Gasteiger partial charge in [0.15, 0.2) is 0 Å². The molecule has 0 radical (unpaired) electrons. The third-order valence-electron chi connectivity index (χ3n) is 2.91. The second-order valence-electron chi connectivity index (χ2n) is 4.60. The van der Waals surface area contributed by atoms with Gasteiger partial charge in [-0.2, -0.15) is 4.39 Å². The van der Waals surface area contributed by atoms with Gasteiger partial charge < -0.3 is 14.2 Å². The molecule has 0 atom stereocenters. The van der Waals surface area contributed by atoms with E-state index in [-0.39, 0.29) is 5.41 Å². The minimum atomic E-state index is -1.18. The first-order valence-electron chi connectivity index (χ1n) is 5.16. The molecule has 5 heteroatoms. The van der Waals surface area contributed by atoms with E-state index in [0.717, 1.165) is 0 Å². The first-order chi connectivity index (χ1) is 7.62. The van der Waals surface area contributed by atoms with Crippen molar-refractivity contribution in [3.05, 3.63) is 29.8 Å². The molecule has 1 aromatic heterocycles. The van der Waals surface area contributed by atoms with Crippen molar-refractivity contribution >= 4 is 0 Å². The lowest BCUT2D eigenvalue weighted by atomic mass is 9.91. The molecule has 0 unspecified atom stereocenters. The molecule has 4 rings (SSSR count). The third-order valence-corrected chi connectivity index (χ3v) is 2.91. The van der Waals surface area contributed by atoms with Gasteiger partial charge in [-0.15, -0.1) is 0 Å². The zero-order chi connectivity index (χ0) is 11.2. The van der Waals surface area contributed by atoms with E-state index < -0.39 is 11.9 Å². The first kappa shape index (κ1) is 10.1. The number of fused-ring (bicyclic) bond motifs is 3. The lowest BCUT2D eigenvalue weighted by Gasteiger charge is -2.50. The second kappa shape index (κ2) is 3.23. The van der Waals surface area contributed by atoms with E-state index in [1.165, 1.54) is 12.3 Å². The number of aromatic nitrogens is 1. The summed E-state index contributed by atoms with van der Waals surface area (Å²) >= 11 is 0. The topological polar surface area (TPSA) is 40.6 Å². The van der Waals surface area contributed by atoms with Crippen LogP contribution in [0.25, 0.3) is 0 Å². The average molecular weight is 225 g/mol. The highest BCUT2D eigenvalue weighted by Gasteiger charge is 2.51. The van der Waals surface area contributed by atoms with Crippen molar-refractivity contribution in [2.75, 3.05) is 19.8 Å². The number of pyridine rings is 1. The predicted molar refractivity (Wildman–Crippen MR) is 51.8 cm³/mol. The molecule has 0 aliphatic carbocycles. The summed E-state index contributed by atoms with van der Waals surface area (Å²) in [7, 11) is 0. The Kier molecular flexibility index (Phi) is 2.04. The van der Waals surface area contributed by atoms with Gasteiger partial charge in [-0.05, 0) is 12.1 Å². The molecule has 1 aromatic rings. The lowest BCUT2D eigenvalue weighted by molar-refractivity contribution is -0.477. The molecule has 4 heterocycles. The molecular weight excluding hydrogens is 213 g/mol. The van der Waals surface area contributed by atoms with Crippen LogP contribution in [-0.2, 0) is 20.2 Å². The van der Waals surface area contributed by atoms with Crippen molar-refractivity contribution in [1.82, 2.24) is 4.98 Å². The van der Waals surface area contributed by atoms with E-state index >= 15 is 0 Å². The first-order valence-corrected chi connectivity index (χ1v) is 5.16. The normalized spacial score (nSPS) is 37.6. The van der Waals surface area contributed by atoms with Crippen LogP contribution in [0.4, 0.5) is 4.39 Å². The number of halogens is 1. The van der Waals surface area contributed by atoms with E-state index in [4.69, 9.17) is 14.2 Å². The van der Waals surface area contributed by atoms with Crippen LogP contribution in [0, 0.1) is 11.4 Å². The van der Waals surface area contributed by atoms with E-state index in [2.05, 4.69) is 4.98 Å². The van der Waals surface area contributed by atoms with Gasteiger partial charge in [-0.1, -0.05) is 6.92 Å². The fraction of sp³-hybridized carbons (Fsp3) is 0.545. The summed E-state index contributed by atoms with van der Waals surface area (Å²) in [6.45, 7) is 3.76. The van der Waals surface area contributed by atoms with Crippen LogP contribution in [0.5, 0.6) is 0 Å². The van der Waals surface area contributed by atoms with Crippen LogP contribution < -0.4 is 0 Å². The Hall–Kier alpha value is -1.04. The molecule has 3 aliphatic heterocycles. The maximum atomic E-state index is 12.7. The van der Waals surface area contributed by atoms with Gasteiger partial charge in [0, 0.05) is 11.6 Å². The largest absolute Gasteiger partial charge is 0.323 e. The molecule has 0 spiro atoms. The predicted octanol–water partition coefficient (Wildman–Crippen LogP) is 1.41. The summed E-state index contributed by atoms with van der Waals surface area (Å²) in [5, 5.41) is 0. The van der Waals surface area contributed by atoms with Gasteiger partial charge in [0.25, 0.3) is 0 Å². The van der Waals surface area contributed by atoms with E-state index in [9.17, 15) is 4.39 Å². The Morgan fingerprint density at radius 2 is 1.81 bits per heavy atom. The smallest absolute Gasteiger partial charge is 0.313 e. The highest BCUT2D eigenvalue weighted by Crippen LogP contribution is 2.43. The standard InChI is InChI=1S/C11H12FNO3/c1-10-5-14-11(15-6-10,16-7-10)8-2-3-9(12)13-4-8/h2-4H,5-7H2,1H3. The molecule has 0 aromatic carbocycles. The molecular formula is C11H12FNO3. The molecule has 4 nitrogen and oxygen atoms in total. The van der Waals surface area contributed by atoms with Crippen molar-refractivity contribution in [3.63, 3.8) is 0 Å². The van der Waals surface area contributed by atoms with Crippen molar-refractivity contribution in [1.29, 1.82) is 0 Å². The quantitative estimate of drug-likeness (QED) is 0.678. The Bertz CT molecular complexity index is 382. The summed E-state index contributed by atoms with van der Waals surface area (Å²) in [4.78, 5) is 3.58. The van der Waals surface area contributed by atoms with Crippen molar-refractivity contribution in [3.8, 4) is 0 Å². The summed E-state index contributed by atoms with van der Waals surface area (Å²) in [5.41, 5.74) is 0.519.